The van der Waals surface area contributed by atoms with Gasteiger partial charge in [-0.05, 0) is 36.8 Å². The monoisotopic (exact) mass is 300 g/mol. The Bertz CT molecular complexity index is 778. The summed E-state index contributed by atoms with van der Waals surface area (Å²) in [6.07, 6.45) is 0. The SMILES string of the molecule is Cc1ccc(NNC(=O)c2cc3ccccc3o2)cc1Cl. The van der Waals surface area contributed by atoms with E-state index in [9.17, 15) is 4.79 Å². The Labute approximate surface area is 126 Å². The van der Waals surface area contributed by atoms with E-state index < -0.39 is 0 Å². The number of carbonyl (C=O) groups is 1. The average Bonchev–Trinajstić information content (AvgIpc) is 2.92. The predicted octanol–water partition coefficient (Wildman–Crippen LogP) is 4.15. The second-order valence-electron chi connectivity index (χ2n) is 4.69. The number of fused-ring (bicyclic) bond motifs is 1. The molecule has 0 fully saturated rings. The smallest absolute Gasteiger partial charge is 0.305 e. The normalized spacial score (nSPS) is 10.6. The number of furan rings is 1. The highest BCUT2D eigenvalue weighted by Gasteiger charge is 2.11. The predicted molar refractivity (Wildman–Crippen MR) is 83.5 cm³/mol. The summed E-state index contributed by atoms with van der Waals surface area (Å²) in [7, 11) is 0. The molecule has 3 aromatic rings. The minimum atomic E-state index is -0.345. The number of nitrogens with one attached hydrogen (secondary N) is 2. The molecule has 1 amide bonds. The van der Waals surface area contributed by atoms with Crippen LogP contribution in [0.2, 0.25) is 5.02 Å². The number of aryl methyl sites for hydroxylation is 1. The zero-order chi connectivity index (χ0) is 14.8. The minimum Gasteiger partial charge on any atom is -0.451 e. The number of benzene rings is 2. The van der Waals surface area contributed by atoms with E-state index in [1.165, 1.54) is 0 Å². The molecule has 0 aliphatic carbocycles. The lowest BCUT2D eigenvalue weighted by molar-refractivity contribution is 0.0937. The molecule has 0 spiro atoms. The zero-order valence-corrected chi connectivity index (χ0v) is 12.1. The summed E-state index contributed by atoms with van der Waals surface area (Å²) >= 11 is 6.03. The van der Waals surface area contributed by atoms with Gasteiger partial charge >= 0.3 is 5.91 Å². The van der Waals surface area contributed by atoms with Gasteiger partial charge in [-0.1, -0.05) is 35.9 Å². The number of para-hydroxylation sites is 1. The summed E-state index contributed by atoms with van der Waals surface area (Å²) in [5.74, 6) is -0.0928. The number of halogens is 1. The molecule has 0 bridgehead atoms. The molecule has 4 nitrogen and oxygen atoms in total. The van der Waals surface area contributed by atoms with Crippen LogP contribution in [0.15, 0.2) is 52.9 Å². The molecule has 0 aliphatic heterocycles. The lowest BCUT2D eigenvalue weighted by Crippen LogP contribution is -2.28. The third-order valence-electron chi connectivity index (χ3n) is 3.14. The van der Waals surface area contributed by atoms with Gasteiger partial charge in [-0.15, -0.1) is 0 Å². The first-order chi connectivity index (χ1) is 10.1. The Balaban J connectivity index is 1.72. The fourth-order valence-electron chi connectivity index (χ4n) is 1.95. The Hall–Kier alpha value is -2.46. The van der Waals surface area contributed by atoms with E-state index in [1.54, 1.807) is 12.1 Å². The maximum Gasteiger partial charge on any atom is 0.305 e. The number of hydrazine groups is 1. The third kappa shape index (κ3) is 2.85. The fraction of sp³-hybridized carbons (Fsp3) is 0.0625. The summed E-state index contributed by atoms with van der Waals surface area (Å²) in [4.78, 5) is 12.0. The molecule has 0 radical (unpaired) electrons. The van der Waals surface area contributed by atoms with Crippen molar-refractivity contribution in [3.63, 3.8) is 0 Å². The molecule has 2 N–H and O–H groups in total. The number of hydrogen-bond acceptors (Lipinski definition) is 3. The van der Waals surface area contributed by atoms with Crippen molar-refractivity contribution in [2.75, 3.05) is 5.43 Å². The summed E-state index contributed by atoms with van der Waals surface area (Å²) in [6, 6.07) is 14.6. The van der Waals surface area contributed by atoms with Crippen molar-refractivity contribution >= 4 is 34.2 Å². The van der Waals surface area contributed by atoms with E-state index in [1.807, 2.05) is 43.3 Å². The molecule has 5 heteroatoms. The topological polar surface area (TPSA) is 54.3 Å². The number of carbonyl (C=O) groups excluding carboxylic acids is 1. The molecule has 0 atom stereocenters. The summed E-state index contributed by atoms with van der Waals surface area (Å²) < 4.78 is 5.48. The number of rotatable bonds is 3. The molecule has 3 rings (SSSR count). The molecular formula is C16H13ClN2O2. The van der Waals surface area contributed by atoms with Crippen LogP contribution in [0.25, 0.3) is 11.0 Å². The molecule has 0 saturated carbocycles. The van der Waals surface area contributed by atoms with Crippen LogP contribution in [-0.2, 0) is 0 Å². The molecule has 1 aromatic heterocycles. The van der Waals surface area contributed by atoms with Gasteiger partial charge in [0.25, 0.3) is 0 Å². The third-order valence-corrected chi connectivity index (χ3v) is 3.55. The van der Waals surface area contributed by atoms with E-state index in [0.717, 1.165) is 10.9 Å². The van der Waals surface area contributed by atoms with Gasteiger partial charge in [0.2, 0.25) is 0 Å². The van der Waals surface area contributed by atoms with Gasteiger partial charge < -0.3 is 4.42 Å². The van der Waals surface area contributed by atoms with Crippen LogP contribution in [0, 0.1) is 6.92 Å². The van der Waals surface area contributed by atoms with Crippen molar-refractivity contribution in [2.24, 2.45) is 0 Å². The Kier molecular flexibility index (Phi) is 3.54. The highest BCUT2D eigenvalue weighted by atomic mass is 35.5. The van der Waals surface area contributed by atoms with Gasteiger partial charge in [-0.2, -0.15) is 0 Å². The van der Waals surface area contributed by atoms with E-state index >= 15 is 0 Å². The standard InChI is InChI=1S/C16H13ClN2O2/c1-10-6-7-12(9-13(10)17)18-19-16(20)15-8-11-4-2-3-5-14(11)21-15/h2-9,18H,1H3,(H,19,20). The number of hydrogen-bond donors (Lipinski definition) is 2. The fourth-order valence-corrected chi connectivity index (χ4v) is 2.14. The summed E-state index contributed by atoms with van der Waals surface area (Å²) in [5, 5.41) is 1.53. The molecular weight excluding hydrogens is 288 g/mol. The lowest BCUT2D eigenvalue weighted by atomic mass is 10.2. The summed E-state index contributed by atoms with van der Waals surface area (Å²) in [5.41, 5.74) is 7.76. The van der Waals surface area contributed by atoms with Crippen molar-refractivity contribution in [1.82, 2.24) is 5.43 Å². The molecule has 0 saturated heterocycles. The van der Waals surface area contributed by atoms with Gasteiger partial charge in [0.1, 0.15) is 5.58 Å². The zero-order valence-electron chi connectivity index (χ0n) is 11.3. The Morgan fingerprint density at radius 1 is 1.14 bits per heavy atom. The molecule has 0 unspecified atom stereocenters. The van der Waals surface area contributed by atoms with Crippen LogP contribution < -0.4 is 10.9 Å². The lowest BCUT2D eigenvalue weighted by Gasteiger charge is -2.08. The second kappa shape index (κ2) is 5.50. The first-order valence-corrected chi connectivity index (χ1v) is 6.82. The first-order valence-electron chi connectivity index (χ1n) is 6.44. The van der Waals surface area contributed by atoms with Crippen molar-refractivity contribution in [1.29, 1.82) is 0 Å². The molecule has 1 heterocycles. The molecule has 0 aliphatic rings. The van der Waals surface area contributed by atoms with Crippen molar-refractivity contribution < 1.29 is 9.21 Å². The molecule has 2 aromatic carbocycles. The van der Waals surface area contributed by atoms with Gasteiger partial charge in [0.15, 0.2) is 5.76 Å². The van der Waals surface area contributed by atoms with E-state index in [4.69, 9.17) is 16.0 Å². The van der Waals surface area contributed by atoms with E-state index in [-0.39, 0.29) is 11.7 Å². The van der Waals surface area contributed by atoms with Gasteiger partial charge in [0, 0.05) is 10.4 Å². The number of anilines is 1. The van der Waals surface area contributed by atoms with Crippen LogP contribution in [0.1, 0.15) is 16.1 Å². The first kappa shape index (κ1) is 13.5. The van der Waals surface area contributed by atoms with E-state index in [2.05, 4.69) is 10.9 Å². The van der Waals surface area contributed by atoms with Gasteiger partial charge in [0.05, 0.1) is 5.69 Å². The molecule has 106 valence electrons. The summed E-state index contributed by atoms with van der Waals surface area (Å²) in [6.45, 7) is 1.92. The van der Waals surface area contributed by atoms with E-state index in [0.29, 0.717) is 16.3 Å². The van der Waals surface area contributed by atoms with Crippen molar-refractivity contribution in [2.45, 2.75) is 6.92 Å². The highest BCUT2D eigenvalue weighted by Crippen LogP contribution is 2.20. The van der Waals surface area contributed by atoms with Gasteiger partial charge in [-0.3, -0.25) is 15.6 Å². The highest BCUT2D eigenvalue weighted by molar-refractivity contribution is 6.31. The average molecular weight is 301 g/mol. The number of amides is 1. The molecule has 21 heavy (non-hydrogen) atoms. The van der Waals surface area contributed by atoms with Crippen molar-refractivity contribution in [3.05, 3.63) is 64.9 Å². The largest absolute Gasteiger partial charge is 0.451 e. The maximum absolute atomic E-state index is 12.0. The maximum atomic E-state index is 12.0. The van der Waals surface area contributed by atoms with Crippen LogP contribution >= 0.6 is 11.6 Å². The Morgan fingerprint density at radius 2 is 1.95 bits per heavy atom. The van der Waals surface area contributed by atoms with Crippen LogP contribution in [0.3, 0.4) is 0 Å². The van der Waals surface area contributed by atoms with Crippen LogP contribution in [-0.4, -0.2) is 5.91 Å². The Morgan fingerprint density at radius 3 is 2.71 bits per heavy atom. The van der Waals surface area contributed by atoms with Crippen LogP contribution in [0.5, 0.6) is 0 Å². The van der Waals surface area contributed by atoms with Crippen LogP contribution in [0.4, 0.5) is 5.69 Å². The second-order valence-corrected chi connectivity index (χ2v) is 5.10. The minimum absolute atomic E-state index is 0.252. The van der Waals surface area contributed by atoms with Crippen molar-refractivity contribution in [3.8, 4) is 0 Å². The quantitative estimate of drug-likeness (QED) is 0.714. The van der Waals surface area contributed by atoms with Gasteiger partial charge in [-0.25, -0.2) is 0 Å².